The van der Waals surface area contributed by atoms with Gasteiger partial charge in [0, 0.05) is 5.92 Å². The maximum absolute atomic E-state index is 12.0. The highest BCUT2D eigenvalue weighted by atomic mass is 16.6. The third-order valence-corrected chi connectivity index (χ3v) is 6.55. The van der Waals surface area contributed by atoms with Crippen LogP contribution in [0.3, 0.4) is 0 Å². The van der Waals surface area contributed by atoms with E-state index in [2.05, 4.69) is 13.8 Å². The molecule has 20 heavy (non-hydrogen) atoms. The summed E-state index contributed by atoms with van der Waals surface area (Å²) in [6.45, 7) is 8.45. The molecule has 3 aliphatic rings. The zero-order valence-corrected chi connectivity index (χ0v) is 13.5. The van der Waals surface area contributed by atoms with Crippen molar-refractivity contribution < 1.29 is 9.53 Å². The lowest BCUT2D eigenvalue weighted by Gasteiger charge is -2.47. The lowest BCUT2D eigenvalue weighted by atomic mass is 9.61. The molecule has 0 aromatic rings. The molecule has 0 aromatic carbocycles. The van der Waals surface area contributed by atoms with Gasteiger partial charge in [0.1, 0.15) is 5.60 Å². The summed E-state index contributed by atoms with van der Waals surface area (Å²) in [5.41, 5.74) is -0.164. The van der Waals surface area contributed by atoms with Crippen LogP contribution in [-0.4, -0.2) is 11.6 Å². The second kappa shape index (κ2) is 5.03. The van der Waals surface area contributed by atoms with E-state index in [0.29, 0.717) is 5.92 Å². The van der Waals surface area contributed by atoms with Gasteiger partial charge in [0.15, 0.2) is 0 Å². The van der Waals surface area contributed by atoms with Gasteiger partial charge in [-0.2, -0.15) is 0 Å². The molecule has 3 saturated carbocycles. The van der Waals surface area contributed by atoms with Gasteiger partial charge in [-0.05, 0) is 49.9 Å². The molecule has 0 radical (unpaired) electrons. The average Bonchev–Trinajstić information content (AvgIpc) is 2.93. The molecule has 6 unspecified atom stereocenters. The number of esters is 1. The zero-order valence-electron chi connectivity index (χ0n) is 13.5. The number of hydrogen-bond donors (Lipinski definition) is 0. The molecule has 0 aromatic heterocycles. The van der Waals surface area contributed by atoms with Crippen LogP contribution < -0.4 is 0 Å². The molecule has 0 amide bonds. The Labute approximate surface area is 123 Å². The van der Waals surface area contributed by atoms with Crippen molar-refractivity contribution in [2.24, 2.45) is 35.5 Å². The quantitative estimate of drug-likeness (QED) is 0.714. The van der Waals surface area contributed by atoms with Crippen molar-refractivity contribution in [3.05, 3.63) is 0 Å². The normalized spacial score (nSPS) is 46.5. The number of hydrogen-bond acceptors (Lipinski definition) is 2. The Kier molecular flexibility index (Phi) is 3.63. The summed E-state index contributed by atoms with van der Waals surface area (Å²) in [7, 11) is 0. The molecule has 3 rings (SSSR count). The van der Waals surface area contributed by atoms with E-state index >= 15 is 0 Å². The summed E-state index contributed by atoms with van der Waals surface area (Å²) >= 11 is 0. The molecule has 3 fully saturated rings. The lowest BCUT2D eigenvalue weighted by Crippen LogP contribution is -2.47. The van der Waals surface area contributed by atoms with Gasteiger partial charge in [0.25, 0.3) is 0 Å². The fraction of sp³-hybridized carbons (Fsp3) is 0.944. The van der Waals surface area contributed by atoms with Crippen molar-refractivity contribution in [2.45, 2.75) is 71.8 Å². The van der Waals surface area contributed by atoms with Crippen LogP contribution in [0.25, 0.3) is 0 Å². The van der Waals surface area contributed by atoms with E-state index in [9.17, 15) is 4.79 Å². The van der Waals surface area contributed by atoms with Gasteiger partial charge in [-0.1, -0.05) is 40.0 Å². The second-order valence-electron chi connectivity index (χ2n) is 8.04. The van der Waals surface area contributed by atoms with Crippen molar-refractivity contribution in [1.29, 1.82) is 0 Å². The van der Waals surface area contributed by atoms with Crippen LogP contribution in [0.1, 0.15) is 66.2 Å². The average molecular weight is 278 g/mol. The molecular formula is C18H30O2. The van der Waals surface area contributed by atoms with Gasteiger partial charge in [-0.25, -0.2) is 0 Å². The zero-order chi connectivity index (χ0) is 14.5. The molecule has 0 saturated heterocycles. The van der Waals surface area contributed by atoms with Crippen LogP contribution in [0, 0.1) is 35.5 Å². The monoisotopic (exact) mass is 278 g/mol. The molecule has 0 spiro atoms. The van der Waals surface area contributed by atoms with E-state index in [1.54, 1.807) is 0 Å². The first-order valence-corrected chi connectivity index (χ1v) is 8.69. The lowest BCUT2D eigenvalue weighted by molar-refractivity contribution is -0.173. The predicted molar refractivity (Wildman–Crippen MR) is 80.2 cm³/mol. The van der Waals surface area contributed by atoms with Gasteiger partial charge < -0.3 is 4.74 Å². The molecule has 0 aliphatic heterocycles. The van der Waals surface area contributed by atoms with Gasteiger partial charge >= 0.3 is 5.97 Å². The third kappa shape index (κ3) is 2.10. The third-order valence-electron chi connectivity index (χ3n) is 6.55. The minimum absolute atomic E-state index is 0.000508. The standard InChI is InChI=1S/C18H30O2/c1-5-12-7-6-8-14-15-9-13(16(12)14)10-18(15,4)20-17(19)11(2)3/h11-16H,5-10H2,1-4H3. The highest BCUT2D eigenvalue weighted by Gasteiger charge is 2.61. The summed E-state index contributed by atoms with van der Waals surface area (Å²) in [6, 6.07) is 0. The van der Waals surface area contributed by atoms with E-state index in [0.717, 1.165) is 30.1 Å². The Morgan fingerprint density at radius 3 is 2.75 bits per heavy atom. The Morgan fingerprint density at radius 1 is 1.35 bits per heavy atom. The van der Waals surface area contributed by atoms with Crippen LogP contribution in [-0.2, 0) is 9.53 Å². The van der Waals surface area contributed by atoms with Crippen LogP contribution in [0.15, 0.2) is 0 Å². The SMILES string of the molecule is CCC1CCCC2C1C1CC2C(C)(OC(=O)C(C)C)C1. The molecule has 2 bridgehead atoms. The topological polar surface area (TPSA) is 26.3 Å². The number of carbonyl (C=O) groups excluding carboxylic acids is 1. The molecular weight excluding hydrogens is 248 g/mol. The first-order chi connectivity index (χ1) is 9.46. The van der Waals surface area contributed by atoms with Crippen molar-refractivity contribution in [3.8, 4) is 0 Å². The number of rotatable bonds is 3. The maximum atomic E-state index is 12.0. The van der Waals surface area contributed by atoms with Gasteiger partial charge in [-0.15, -0.1) is 0 Å². The van der Waals surface area contributed by atoms with E-state index in [-0.39, 0.29) is 17.5 Å². The predicted octanol–water partition coefficient (Wildman–Crippen LogP) is 4.43. The summed E-state index contributed by atoms with van der Waals surface area (Å²) < 4.78 is 5.97. The Morgan fingerprint density at radius 2 is 2.10 bits per heavy atom. The van der Waals surface area contributed by atoms with Gasteiger partial charge in [0.05, 0.1) is 5.92 Å². The molecule has 114 valence electrons. The molecule has 6 atom stereocenters. The molecule has 0 heterocycles. The van der Waals surface area contributed by atoms with Crippen molar-refractivity contribution in [1.82, 2.24) is 0 Å². The van der Waals surface area contributed by atoms with E-state index in [1.807, 2.05) is 13.8 Å². The summed E-state index contributed by atoms with van der Waals surface area (Å²) in [4.78, 5) is 12.0. The van der Waals surface area contributed by atoms with Crippen molar-refractivity contribution >= 4 is 5.97 Å². The van der Waals surface area contributed by atoms with E-state index < -0.39 is 0 Å². The summed E-state index contributed by atoms with van der Waals surface area (Å²) in [5, 5.41) is 0. The van der Waals surface area contributed by atoms with Crippen molar-refractivity contribution in [3.63, 3.8) is 0 Å². The fourth-order valence-corrected chi connectivity index (χ4v) is 5.75. The highest BCUT2D eigenvalue weighted by molar-refractivity contribution is 5.72. The fourth-order valence-electron chi connectivity index (χ4n) is 5.75. The van der Waals surface area contributed by atoms with E-state index in [4.69, 9.17) is 4.74 Å². The Balaban J connectivity index is 1.76. The highest BCUT2D eigenvalue weighted by Crippen LogP contribution is 2.64. The molecule has 2 heteroatoms. The first-order valence-electron chi connectivity index (χ1n) is 8.69. The van der Waals surface area contributed by atoms with Crippen LogP contribution >= 0.6 is 0 Å². The van der Waals surface area contributed by atoms with Gasteiger partial charge in [-0.3, -0.25) is 4.79 Å². The maximum Gasteiger partial charge on any atom is 0.308 e. The largest absolute Gasteiger partial charge is 0.459 e. The molecule has 3 aliphatic carbocycles. The van der Waals surface area contributed by atoms with Crippen LogP contribution in [0.2, 0.25) is 0 Å². The first kappa shape index (κ1) is 14.4. The summed E-state index contributed by atoms with van der Waals surface area (Å²) in [6.07, 6.45) is 7.96. The minimum atomic E-state index is -0.164. The molecule has 2 nitrogen and oxygen atoms in total. The number of fused-ring (bicyclic) bond motifs is 5. The van der Waals surface area contributed by atoms with Gasteiger partial charge in [0.2, 0.25) is 0 Å². The number of carbonyl (C=O) groups is 1. The smallest absolute Gasteiger partial charge is 0.308 e. The number of ether oxygens (including phenoxy) is 1. The van der Waals surface area contributed by atoms with E-state index in [1.165, 1.54) is 32.1 Å². The minimum Gasteiger partial charge on any atom is -0.459 e. The Hall–Kier alpha value is -0.530. The molecule has 0 N–H and O–H groups in total. The van der Waals surface area contributed by atoms with Crippen molar-refractivity contribution in [2.75, 3.05) is 0 Å². The Bertz CT molecular complexity index is 389. The second-order valence-corrected chi connectivity index (χ2v) is 8.04. The van der Waals surface area contributed by atoms with Crippen LogP contribution in [0.5, 0.6) is 0 Å². The summed E-state index contributed by atoms with van der Waals surface area (Å²) in [5.74, 6) is 4.15. The van der Waals surface area contributed by atoms with Crippen LogP contribution in [0.4, 0.5) is 0 Å².